The predicted octanol–water partition coefficient (Wildman–Crippen LogP) is 5.06. The van der Waals surface area contributed by atoms with Crippen molar-refractivity contribution in [1.29, 1.82) is 0 Å². The minimum absolute atomic E-state index is 0.257. The summed E-state index contributed by atoms with van der Waals surface area (Å²) in [5.74, 6) is 1.89. The largest absolute Gasteiger partial charge is 0.457 e. The lowest BCUT2D eigenvalue weighted by molar-refractivity contribution is 0.112. The molecule has 27 heavy (non-hydrogen) atoms. The number of carbonyl (C=O) groups is 1. The number of nitrogens with zero attached hydrogens (tertiary/aromatic N) is 3. The van der Waals surface area contributed by atoms with Gasteiger partial charge in [0.25, 0.3) is 0 Å². The molecule has 3 aromatic rings. The number of imidazole rings is 1. The Morgan fingerprint density at radius 1 is 1.19 bits per heavy atom. The minimum atomic E-state index is 0.257. The van der Waals surface area contributed by atoms with Crippen LogP contribution in [-0.2, 0) is 13.6 Å². The number of halogens is 2. The Labute approximate surface area is 168 Å². The standard InChI is InChI=1S/C20H19Cl2N3O2/c1-24(2)11-20-23-10-18(25(20)3)13-4-6-15(7-5-13)27-19-9-14(21)8-17(22)16(19)12-26/h4-10,12H,11H2,1-3H3. The molecule has 1 aromatic heterocycles. The lowest BCUT2D eigenvalue weighted by Crippen LogP contribution is -2.14. The second kappa shape index (κ2) is 8.13. The molecular formula is C20H19Cl2N3O2. The van der Waals surface area contributed by atoms with Gasteiger partial charge in [-0.1, -0.05) is 23.2 Å². The molecule has 0 N–H and O–H groups in total. The third-order valence-electron chi connectivity index (χ3n) is 4.09. The first-order valence-corrected chi connectivity index (χ1v) is 9.02. The van der Waals surface area contributed by atoms with E-state index < -0.39 is 0 Å². The second-order valence-electron chi connectivity index (χ2n) is 6.40. The summed E-state index contributed by atoms with van der Waals surface area (Å²) >= 11 is 12.1. The Morgan fingerprint density at radius 3 is 2.52 bits per heavy atom. The summed E-state index contributed by atoms with van der Waals surface area (Å²) < 4.78 is 7.88. The molecule has 0 bridgehead atoms. The molecule has 0 aliphatic heterocycles. The molecule has 1 heterocycles. The molecule has 0 saturated carbocycles. The Kier molecular flexibility index (Phi) is 5.85. The number of benzene rings is 2. The number of carbonyl (C=O) groups excluding carboxylic acids is 1. The second-order valence-corrected chi connectivity index (χ2v) is 7.24. The summed E-state index contributed by atoms with van der Waals surface area (Å²) in [5.41, 5.74) is 2.30. The number of hydrogen-bond acceptors (Lipinski definition) is 4. The van der Waals surface area contributed by atoms with Crippen molar-refractivity contribution >= 4 is 29.5 Å². The number of hydrogen-bond donors (Lipinski definition) is 0. The number of aldehydes is 1. The molecule has 0 atom stereocenters. The summed E-state index contributed by atoms with van der Waals surface area (Å²) in [7, 11) is 6.02. The fourth-order valence-corrected chi connectivity index (χ4v) is 3.25. The van der Waals surface area contributed by atoms with E-state index >= 15 is 0 Å². The summed E-state index contributed by atoms with van der Waals surface area (Å²) in [5, 5.41) is 0.660. The SMILES string of the molecule is CN(C)Cc1ncc(-c2ccc(Oc3cc(Cl)cc(Cl)c3C=O)cc2)n1C. The van der Waals surface area contributed by atoms with Crippen molar-refractivity contribution in [1.82, 2.24) is 14.5 Å². The normalized spacial score (nSPS) is 11.0. The molecule has 140 valence electrons. The van der Waals surface area contributed by atoms with E-state index in [9.17, 15) is 4.79 Å². The van der Waals surface area contributed by atoms with Crippen LogP contribution in [0.15, 0.2) is 42.6 Å². The highest BCUT2D eigenvalue weighted by Crippen LogP contribution is 2.33. The van der Waals surface area contributed by atoms with Crippen molar-refractivity contribution in [2.75, 3.05) is 14.1 Å². The highest BCUT2D eigenvalue weighted by atomic mass is 35.5. The van der Waals surface area contributed by atoms with Crippen LogP contribution in [0.25, 0.3) is 11.3 Å². The van der Waals surface area contributed by atoms with E-state index in [1.165, 1.54) is 6.07 Å². The van der Waals surface area contributed by atoms with Crippen LogP contribution in [-0.4, -0.2) is 34.8 Å². The van der Waals surface area contributed by atoms with Crippen molar-refractivity contribution < 1.29 is 9.53 Å². The number of aromatic nitrogens is 2. The van der Waals surface area contributed by atoms with Crippen LogP contribution in [0, 0.1) is 0 Å². The van der Waals surface area contributed by atoms with Crippen LogP contribution in [0.5, 0.6) is 11.5 Å². The molecule has 0 unspecified atom stereocenters. The first-order valence-electron chi connectivity index (χ1n) is 8.27. The lowest BCUT2D eigenvalue weighted by atomic mass is 10.1. The van der Waals surface area contributed by atoms with Gasteiger partial charge in [-0.15, -0.1) is 0 Å². The Hall–Kier alpha value is -2.34. The van der Waals surface area contributed by atoms with E-state index in [1.54, 1.807) is 6.07 Å². The molecule has 0 amide bonds. The molecule has 0 aliphatic carbocycles. The molecule has 2 aromatic carbocycles. The first kappa shape index (κ1) is 19.4. The monoisotopic (exact) mass is 403 g/mol. The molecule has 3 rings (SSSR count). The van der Waals surface area contributed by atoms with Gasteiger partial charge in [-0.05, 0) is 44.4 Å². The summed E-state index contributed by atoms with van der Waals surface area (Å²) in [4.78, 5) is 17.8. The Bertz CT molecular complexity index is 966. The fraction of sp³-hybridized carbons (Fsp3) is 0.200. The summed E-state index contributed by atoms with van der Waals surface area (Å²) in [6.45, 7) is 0.766. The molecule has 0 fully saturated rings. The summed E-state index contributed by atoms with van der Waals surface area (Å²) in [6.07, 6.45) is 2.51. The molecule has 0 radical (unpaired) electrons. The van der Waals surface area contributed by atoms with Gasteiger partial charge in [0.1, 0.15) is 17.3 Å². The topological polar surface area (TPSA) is 47.4 Å². The van der Waals surface area contributed by atoms with Crippen LogP contribution in [0.2, 0.25) is 10.0 Å². The van der Waals surface area contributed by atoms with E-state index in [1.807, 2.05) is 51.6 Å². The predicted molar refractivity (Wildman–Crippen MR) is 108 cm³/mol. The van der Waals surface area contributed by atoms with E-state index in [0.29, 0.717) is 22.8 Å². The van der Waals surface area contributed by atoms with Crippen LogP contribution < -0.4 is 4.74 Å². The minimum Gasteiger partial charge on any atom is -0.457 e. The van der Waals surface area contributed by atoms with Gasteiger partial charge >= 0.3 is 0 Å². The average molecular weight is 404 g/mol. The van der Waals surface area contributed by atoms with Crippen LogP contribution >= 0.6 is 23.2 Å². The quantitative estimate of drug-likeness (QED) is 0.539. The third-order valence-corrected chi connectivity index (χ3v) is 4.63. The number of ether oxygens (including phenoxy) is 1. The van der Waals surface area contributed by atoms with E-state index in [2.05, 4.69) is 14.5 Å². The summed E-state index contributed by atoms with van der Waals surface area (Å²) in [6, 6.07) is 10.6. The molecular weight excluding hydrogens is 385 g/mol. The van der Waals surface area contributed by atoms with Gasteiger partial charge in [0, 0.05) is 23.7 Å². The third kappa shape index (κ3) is 4.33. The molecule has 0 spiro atoms. The molecule has 0 saturated heterocycles. The van der Waals surface area contributed by atoms with Gasteiger partial charge < -0.3 is 14.2 Å². The smallest absolute Gasteiger partial charge is 0.155 e. The zero-order valence-electron chi connectivity index (χ0n) is 15.2. The Balaban J connectivity index is 1.85. The van der Waals surface area contributed by atoms with Gasteiger partial charge in [0.2, 0.25) is 0 Å². The highest BCUT2D eigenvalue weighted by Gasteiger charge is 2.12. The maximum atomic E-state index is 11.3. The molecule has 5 nitrogen and oxygen atoms in total. The maximum absolute atomic E-state index is 11.3. The first-order chi connectivity index (χ1) is 12.9. The molecule has 7 heteroatoms. The fourth-order valence-electron chi connectivity index (χ4n) is 2.73. The van der Waals surface area contributed by atoms with E-state index in [4.69, 9.17) is 27.9 Å². The van der Waals surface area contributed by atoms with Crippen molar-refractivity contribution in [3.63, 3.8) is 0 Å². The van der Waals surface area contributed by atoms with Crippen molar-refractivity contribution in [3.05, 3.63) is 64.0 Å². The van der Waals surface area contributed by atoms with Crippen LogP contribution in [0.4, 0.5) is 0 Å². The average Bonchev–Trinajstić information content (AvgIpc) is 2.95. The van der Waals surface area contributed by atoms with Crippen LogP contribution in [0.3, 0.4) is 0 Å². The number of rotatable bonds is 6. The van der Waals surface area contributed by atoms with Crippen LogP contribution in [0.1, 0.15) is 16.2 Å². The Morgan fingerprint density at radius 2 is 1.89 bits per heavy atom. The maximum Gasteiger partial charge on any atom is 0.155 e. The zero-order chi connectivity index (χ0) is 19.6. The van der Waals surface area contributed by atoms with Gasteiger partial charge in [0.15, 0.2) is 6.29 Å². The van der Waals surface area contributed by atoms with E-state index in [-0.39, 0.29) is 10.6 Å². The van der Waals surface area contributed by atoms with Crippen molar-refractivity contribution in [2.24, 2.45) is 7.05 Å². The van der Waals surface area contributed by atoms with Gasteiger partial charge in [-0.25, -0.2) is 4.98 Å². The van der Waals surface area contributed by atoms with Crippen molar-refractivity contribution in [2.45, 2.75) is 6.54 Å². The van der Waals surface area contributed by atoms with Gasteiger partial charge in [0.05, 0.1) is 29.0 Å². The highest BCUT2D eigenvalue weighted by molar-refractivity contribution is 6.36. The van der Waals surface area contributed by atoms with E-state index in [0.717, 1.165) is 23.6 Å². The van der Waals surface area contributed by atoms with Crippen molar-refractivity contribution in [3.8, 4) is 22.8 Å². The zero-order valence-corrected chi connectivity index (χ0v) is 16.8. The molecule has 0 aliphatic rings. The van der Waals surface area contributed by atoms with Gasteiger partial charge in [-0.3, -0.25) is 4.79 Å². The van der Waals surface area contributed by atoms with Gasteiger partial charge in [-0.2, -0.15) is 0 Å². The lowest BCUT2D eigenvalue weighted by Gasteiger charge is -2.12.